The Morgan fingerprint density at radius 2 is 1.88 bits per heavy atom. The van der Waals surface area contributed by atoms with E-state index in [0.29, 0.717) is 28.2 Å². The fourth-order valence-corrected chi connectivity index (χ4v) is 3.76. The van der Waals surface area contributed by atoms with Gasteiger partial charge in [0.05, 0.1) is 5.56 Å². The number of rotatable bonds is 4. The van der Waals surface area contributed by atoms with Gasteiger partial charge < -0.3 is 8.98 Å². The van der Waals surface area contributed by atoms with Crippen LogP contribution in [0, 0.1) is 0 Å². The van der Waals surface area contributed by atoms with Gasteiger partial charge in [-0.15, -0.1) is 9.50 Å². The van der Waals surface area contributed by atoms with E-state index in [1.165, 1.54) is 32.4 Å². The molecule has 0 saturated carbocycles. The molecule has 160 valence electrons. The van der Waals surface area contributed by atoms with Crippen LogP contribution in [0.3, 0.4) is 0 Å². The molecule has 0 aliphatic rings. The summed E-state index contributed by atoms with van der Waals surface area (Å²) in [6, 6.07) is 12.3. The average Bonchev–Trinajstić information content (AvgIpc) is 3.45. The second kappa shape index (κ2) is 7.34. The number of aromatic amines is 1. The van der Waals surface area contributed by atoms with Gasteiger partial charge in [-0.1, -0.05) is 30.3 Å². The smallest absolute Gasteiger partial charge is 0.412 e. The third-order valence-electron chi connectivity index (χ3n) is 5.45. The number of nitrogens with zero attached hydrogens (tertiary/aromatic N) is 5. The Labute approximate surface area is 181 Å². The highest BCUT2D eigenvalue weighted by Crippen LogP contribution is 2.32. The van der Waals surface area contributed by atoms with E-state index in [1.807, 2.05) is 30.3 Å². The van der Waals surface area contributed by atoms with E-state index in [1.54, 1.807) is 26.2 Å². The highest BCUT2D eigenvalue weighted by atomic mass is 16.3. The van der Waals surface area contributed by atoms with Gasteiger partial charge in [0.25, 0.3) is 0 Å². The Kier molecular flexibility index (Phi) is 4.47. The minimum Gasteiger partial charge on any atom is -0.451 e. The Bertz CT molecular complexity index is 1550. The summed E-state index contributed by atoms with van der Waals surface area (Å²) in [6.45, 7) is 1.80. The molecule has 0 aliphatic heterocycles. The molecular weight excluding hydrogens is 410 g/mol. The summed E-state index contributed by atoms with van der Waals surface area (Å²) in [5.74, 6) is 0.135. The van der Waals surface area contributed by atoms with Gasteiger partial charge >= 0.3 is 11.6 Å². The zero-order chi connectivity index (χ0) is 22.4. The summed E-state index contributed by atoms with van der Waals surface area (Å²) in [5.41, 5.74) is 9.54. The maximum atomic E-state index is 13.3. The van der Waals surface area contributed by atoms with Crippen LogP contribution in [-0.2, 0) is 7.05 Å². The van der Waals surface area contributed by atoms with Crippen LogP contribution in [-0.4, -0.2) is 23.7 Å². The molecule has 4 heterocycles. The fraction of sp³-hybridized carbons (Fsp3) is 0.136. The van der Waals surface area contributed by atoms with Crippen molar-refractivity contribution in [3.05, 3.63) is 87.9 Å². The van der Waals surface area contributed by atoms with E-state index < -0.39 is 11.7 Å². The molecule has 5 aromatic rings. The molecule has 1 aromatic carbocycles. The third-order valence-corrected chi connectivity index (χ3v) is 5.45. The second-order valence-corrected chi connectivity index (χ2v) is 7.47. The van der Waals surface area contributed by atoms with E-state index in [-0.39, 0.29) is 11.5 Å². The fourth-order valence-electron chi connectivity index (χ4n) is 3.76. The standard InChI is InChI=1S/C22H19N7O3/c1-13(16-11-32-12-24-16)29-22(31)28-20(26-29)18(15-8-9-17(30)27(2)10-15)19(25-21(28)23)14-6-4-3-5-7-14/h3-13H,1-2H3,(H2,23,25)/p+1. The molecular formula is C22H20N7O3+. The van der Waals surface area contributed by atoms with Crippen LogP contribution in [0.25, 0.3) is 28.0 Å². The molecule has 10 heteroatoms. The largest absolute Gasteiger partial charge is 0.451 e. The quantitative estimate of drug-likeness (QED) is 0.460. The number of aryl methyl sites for hydroxylation is 1. The average molecular weight is 430 g/mol. The monoisotopic (exact) mass is 430 g/mol. The van der Waals surface area contributed by atoms with Gasteiger partial charge in [0, 0.05) is 30.4 Å². The molecule has 0 fully saturated rings. The molecule has 0 spiro atoms. The summed E-state index contributed by atoms with van der Waals surface area (Å²) in [7, 11) is 1.67. The van der Waals surface area contributed by atoms with Crippen LogP contribution in [0.1, 0.15) is 18.7 Å². The number of nitrogens with two attached hydrogens (primary N) is 1. The molecule has 0 bridgehead atoms. The van der Waals surface area contributed by atoms with Crippen LogP contribution in [0.4, 0.5) is 5.95 Å². The molecule has 5 rings (SSSR count). The van der Waals surface area contributed by atoms with Gasteiger partial charge in [-0.25, -0.2) is 14.8 Å². The van der Waals surface area contributed by atoms with Crippen molar-refractivity contribution < 1.29 is 9.40 Å². The van der Waals surface area contributed by atoms with Gasteiger partial charge in [-0.2, -0.15) is 4.68 Å². The molecule has 0 aliphatic carbocycles. The maximum absolute atomic E-state index is 13.3. The molecule has 3 N–H and O–H groups in total. The Balaban J connectivity index is 1.88. The molecule has 0 radical (unpaired) electrons. The van der Waals surface area contributed by atoms with Gasteiger partial charge in [0.15, 0.2) is 6.39 Å². The first-order valence-corrected chi connectivity index (χ1v) is 9.92. The van der Waals surface area contributed by atoms with Crippen LogP contribution in [0.2, 0.25) is 0 Å². The Morgan fingerprint density at radius 1 is 1.09 bits per heavy atom. The maximum Gasteiger partial charge on any atom is 0.412 e. The van der Waals surface area contributed by atoms with Crippen LogP contribution in [0.5, 0.6) is 0 Å². The van der Waals surface area contributed by atoms with Gasteiger partial charge in [-0.05, 0) is 13.0 Å². The number of aromatic nitrogens is 6. The number of benzene rings is 1. The summed E-state index contributed by atoms with van der Waals surface area (Å²) < 4.78 is 9.18. The zero-order valence-electron chi connectivity index (χ0n) is 17.4. The summed E-state index contributed by atoms with van der Waals surface area (Å²) in [4.78, 5) is 32.6. The van der Waals surface area contributed by atoms with E-state index in [4.69, 9.17) is 10.2 Å². The molecule has 0 saturated heterocycles. The molecule has 1 atom stereocenters. The minimum atomic E-state index is -0.478. The molecule has 1 unspecified atom stereocenters. The van der Waals surface area contributed by atoms with Crippen LogP contribution in [0.15, 0.2) is 75.3 Å². The number of pyridine rings is 1. The predicted molar refractivity (Wildman–Crippen MR) is 117 cm³/mol. The normalized spacial score (nSPS) is 12.3. The zero-order valence-corrected chi connectivity index (χ0v) is 17.4. The molecule has 0 amide bonds. The number of H-pyrrole nitrogens is 1. The molecule has 4 aromatic heterocycles. The van der Waals surface area contributed by atoms with E-state index >= 15 is 0 Å². The predicted octanol–water partition coefficient (Wildman–Crippen LogP) is 1.52. The number of nitrogens with one attached hydrogen (secondary N) is 1. The molecule has 32 heavy (non-hydrogen) atoms. The lowest BCUT2D eigenvalue weighted by Gasteiger charge is -2.10. The van der Waals surface area contributed by atoms with Gasteiger partial charge in [0.2, 0.25) is 11.2 Å². The molecule has 10 nitrogen and oxygen atoms in total. The summed E-state index contributed by atoms with van der Waals surface area (Å²) >= 11 is 0. The minimum absolute atomic E-state index is 0.135. The lowest BCUT2D eigenvalue weighted by molar-refractivity contribution is -0.351. The third kappa shape index (κ3) is 3.00. The lowest BCUT2D eigenvalue weighted by atomic mass is 10.0. The Hall–Kier alpha value is -4.47. The van der Waals surface area contributed by atoms with Crippen molar-refractivity contribution in [1.82, 2.24) is 23.7 Å². The number of hydrogen-bond acceptors (Lipinski definition) is 6. The van der Waals surface area contributed by atoms with Crippen molar-refractivity contribution in [2.75, 3.05) is 5.73 Å². The first-order valence-electron chi connectivity index (χ1n) is 9.92. The highest BCUT2D eigenvalue weighted by Gasteiger charge is 2.28. The van der Waals surface area contributed by atoms with Crippen molar-refractivity contribution >= 4 is 11.6 Å². The number of anilines is 1. The SMILES string of the molecule is CC(c1cocn1)n1nc2c(-c3ccc(=O)n(C)c3)c(-c3ccccc3)[nH+]c(N)n2c1=O. The first kappa shape index (κ1) is 19.5. The number of oxazole rings is 1. The summed E-state index contributed by atoms with van der Waals surface area (Å²) in [6.07, 6.45) is 4.48. The summed E-state index contributed by atoms with van der Waals surface area (Å²) in [5, 5.41) is 4.64. The topological polar surface area (TPSA) is 127 Å². The number of fused-ring (bicyclic) bond motifs is 1. The van der Waals surface area contributed by atoms with Crippen LogP contribution >= 0.6 is 0 Å². The van der Waals surface area contributed by atoms with E-state index in [2.05, 4.69) is 15.1 Å². The van der Waals surface area contributed by atoms with Gasteiger partial charge in [-0.3, -0.25) is 10.5 Å². The van der Waals surface area contributed by atoms with Crippen LogP contribution < -0.4 is 22.0 Å². The highest BCUT2D eigenvalue weighted by molar-refractivity contribution is 5.88. The second-order valence-electron chi connectivity index (χ2n) is 7.47. The van der Waals surface area contributed by atoms with Crippen molar-refractivity contribution in [2.24, 2.45) is 7.05 Å². The Morgan fingerprint density at radius 3 is 2.56 bits per heavy atom. The van der Waals surface area contributed by atoms with Gasteiger partial charge in [0.1, 0.15) is 23.7 Å². The number of hydrogen-bond donors (Lipinski definition) is 1. The van der Waals surface area contributed by atoms with E-state index in [0.717, 1.165) is 5.56 Å². The van der Waals surface area contributed by atoms with E-state index in [9.17, 15) is 9.59 Å². The van der Waals surface area contributed by atoms with Crippen molar-refractivity contribution in [2.45, 2.75) is 13.0 Å². The van der Waals surface area contributed by atoms with Crippen molar-refractivity contribution in [3.8, 4) is 22.4 Å². The number of nitrogen functional groups attached to an aromatic ring is 1. The first-order chi connectivity index (χ1) is 15.5. The van der Waals surface area contributed by atoms with Crippen molar-refractivity contribution in [1.29, 1.82) is 0 Å². The van der Waals surface area contributed by atoms with Crippen molar-refractivity contribution in [3.63, 3.8) is 0 Å². The lowest BCUT2D eigenvalue weighted by Crippen LogP contribution is -2.29.